The van der Waals surface area contributed by atoms with Crippen LogP contribution in [0.2, 0.25) is 0 Å². The van der Waals surface area contributed by atoms with E-state index in [9.17, 15) is 9.13 Å². The third-order valence-corrected chi connectivity index (χ3v) is 2.81. The summed E-state index contributed by atoms with van der Waals surface area (Å²) >= 11 is 0. The van der Waals surface area contributed by atoms with Gasteiger partial charge in [-0.3, -0.25) is 9.09 Å². The molecule has 0 aliphatic rings. The second kappa shape index (κ2) is 3.30. The lowest BCUT2D eigenvalue weighted by Gasteiger charge is -2.13. The van der Waals surface area contributed by atoms with E-state index in [1.54, 1.807) is 0 Å². The van der Waals surface area contributed by atoms with Gasteiger partial charge in [0.2, 0.25) is 0 Å². The molecule has 0 radical (unpaired) electrons. The molecule has 0 aliphatic carbocycles. The van der Waals surface area contributed by atoms with Crippen LogP contribution in [0.5, 0.6) is 0 Å². The predicted octanol–water partition coefficient (Wildman–Crippen LogP) is 1.29. The molecule has 0 heterocycles. The molecule has 11 heavy (non-hydrogen) atoms. The third-order valence-electron chi connectivity index (χ3n) is 0.853. The van der Waals surface area contributed by atoms with E-state index in [1.807, 2.05) is 0 Å². The van der Waals surface area contributed by atoms with Crippen molar-refractivity contribution in [2.45, 2.75) is 19.2 Å². The molecular formula is C4H11O5P2+. The topological polar surface area (TPSA) is 83.8 Å². The largest absolute Gasteiger partial charge is 0.540 e. The monoisotopic (exact) mass is 201 g/mol. The Kier molecular flexibility index (Phi) is 3.36. The summed E-state index contributed by atoms with van der Waals surface area (Å²) in [4.78, 5) is 17.3. The zero-order chi connectivity index (χ0) is 9.28. The fourth-order valence-corrected chi connectivity index (χ4v) is 2.01. The van der Waals surface area contributed by atoms with Gasteiger partial charge in [-0.1, -0.05) is 0 Å². The maximum atomic E-state index is 10.6. The first-order valence-electron chi connectivity index (χ1n) is 2.82. The molecule has 2 atom stereocenters. The van der Waals surface area contributed by atoms with Crippen LogP contribution >= 0.6 is 15.6 Å². The zero-order valence-corrected chi connectivity index (χ0v) is 8.30. The van der Waals surface area contributed by atoms with Crippen molar-refractivity contribution in [2.75, 3.05) is 6.66 Å². The van der Waals surface area contributed by atoms with Crippen molar-refractivity contribution in [1.82, 2.24) is 0 Å². The van der Waals surface area contributed by atoms with E-state index in [4.69, 9.17) is 9.79 Å². The molecule has 2 N–H and O–H groups in total. The van der Waals surface area contributed by atoms with Crippen LogP contribution in [0, 0.1) is 0 Å². The first-order chi connectivity index (χ1) is 4.65. The van der Waals surface area contributed by atoms with Gasteiger partial charge in [-0.25, -0.2) is 0 Å². The average molecular weight is 201 g/mol. The minimum Gasteiger partial charge on any atom is -0.324 e. The molecule has 7 heteroatoms. The number of hydrogen-bond acceptors (Lipinski definition) is 3. The molecule has 0 amide bonds. The van der Waals surface area contributed by atoms with Gasteiger partial charge in [0.05, 0.1) is 0 Å². The molecule has 0 aliphatic heterocycles. The van der Waals surface area contributed by atoms with Gasteiger partial charge in [-0.05, 0) is 4.57 Å². The maximum absolute atomic E-state index is 10.6. The third kappa shape index (κ3) is 4.62. The van der Waals surface area contributed by atoms with Gasteiger partial charge in [0, 0.05) is 20.5 Å². The van der Waals surface area contributed by atoms with E-state index in [0.717, 1.165) is 6.66 Å². The van der Waals surface area contributed by atoms with Gasteiger partial charge < -0.3 is 4.89 Å². The number of rotatable bonds is 3. The van der Waals surface area contributed by atoms with E-state index < -0.39 is 21.0 Å². The van der Waals surface area contributed by atoms with Gasteiger partial charge in [-0.15, -0.1) is 0 Å². The Morgan fingerprint density at radius 3 is 2.00 bits per heavy atom. The molecule has 5 nitrogen and oxygen atoms in total. The van der Waals surface area contributed by atoms with Gasteiger partial charge in [0.25, 0.3) is 5.34 Å². The van der Waals surface area contributed by atoms with E-state index in [1.165, 1.54) is 13.8 Å². The van der Waals surface area contributed by atoms with Crippen LogP contribution in [0.15, 0.2) is 0 Å². The van der Waals surface area contributed by atoms with Crippen LogP contribution in [0.25, 0.3) is 0 Å². The Hall–Kier alpha value is 0.210. The first kappa shape index (κ1) is 11.2. The maximum Gasteiger partial charge on any atom is 0.540 e. The Labute approximate surface area is 65.8 Å². The quantitative estimate of drug-likeness (QED) is 0.672. The van der Waals surface area contributed by atoms with E-state index in [-0.39, 0.29) is 0 Å². The van der Waals surface area contributed by atoms with Gasteiger partial charge >= 0.3 is 15.6 Å². The molecule has 0 fully saturated rings. The van der Waals surface area contributed by atoms with Crippen LogP contribution in [0.1, 0.15) is 13.8 Å². The summed E-state index contributed by atoms with van der Waals surface area (Å²) in [5.41, 5.74) is 0. The van der Waals surface area contributed by atoms with Crippen molar-refractivity contribution in [3.05, 3.63) is 0 Å². The minimum absolute atomic E-state index is 0.966. The van der Waals surface area contributed by atoms with Crippen molar-refractivity contribution in [3.8, 4) is 0 Å². The Morgan fingerprint density at radius 2 is 1.91 bits per heavy atom. The fourth-order valence-electron chi connectivity index (χ4n) is 0.449. The Morgan fingerprint density at radius 1 is 1.55 bits per heavy atom. The molecule has 0 bridgehead atoms. The highest BCUT2D eigenvalue weighted by atomic mass is 31.2. The predicted molar refractivity (Wildman–Crippen MR) is 40.7 cm³/mol. The standard InChI is InChI=1S/C4H10O5P2/c1-4(2,10(5)6)9-11(3,7)8/h1-3H3,(H-,5,6,7,8)/p+1. The van der Waals surface area contributed by atoms with Gasteiger partial charge in [0.1, 0.15) is 0 Å². The fraction of sp³-hybridized carbons (Fsp3) is 1.00. The molecule has 0 rings (SSSR count). The van der Waals surface area contributed by atoms with Crippen molar-refractivity contribution in [2.24, 2.45) is 0 Å². The van der Waals surface area contributed by atoms with E-state index in [2.05, 4.69) is 4.52 Å². The van der Waals surface area contributed by atoms with Gasteiger partial charge in [0.15, 0.2) is 0 Å². The van der Waals surface area contributed by atoms with Crippen molar-refractivity contribution < 1.29 is 23.4 Å². The summed E-state index contributed by atoms with van der Waals surface area (Å²) < 4.78 is 25.6. The Balaban J connectivity index is 4.37. The molecule has 66 valence electrons. The van der Waals surface area contributed by atoms with Crippen LogP contribution in [-0.4, -0.2) is 21.8 Å². The molecule has 0 aromatic carbocycles. The highest BCUT2D eigenvalue weighted by Gasteiger charge is 2.44. The van der Waals surface area contributed by atoms with Crippen molar-refractivity contribution in [1.29, 1.82) is 0 Å². The molecular weight excluding hydrogens is 190 g/mol. The summed E-state index contributed by atoms with van der Waals surface area (Å²) in [6.07, 6.45) is 0. The molecule has 0 saturated heterocycles. The average Bonchev–Trinajstić information content (AvgIpc) is 1.56. The second-order valence-corrected chi connectivity index (χ2v) is 6.03. The van der Waals surface area contributed by atoms with Crippen LogP contribution in [-0.2, 0) is 13.7 Å². The highest BCUT2D eigenvalue weighted by Crippen LogP contribution is 2.49. The lowest BCUT2D eigenvalue weighted by Crippen LogP contribution is -2.17. The van der Waals surface area contributed by atoms with E-state index >= 15 is 0 Å². The second-order valence-electron chi connectivity index (χ2n) is 2.61. The summed E-state index contributed by atoms with van der Waals surface area (Å²) in [5, 5.41) is -1.46. The SMILES string of the molecule is CC(C)(OP(C)(=O)O)[P+](=O)O. The van der Waals surface area contributed by atoms with Crippen LogP contribution in [0.4, 0.5) is 0 Å². The minimum atomic E-state index is -3.68. The molecule has 0 aromatic rings. The smallest absolute Gasteiger partial charge is 0.324 e. The van der Waals surface area contributed by atoms with Crippen LogP contribution < -0.4 is 0 Å². The summed E-state index contributed by atoms with van der Waals surface area (Å²) in [7, 11) is -6.30. The first-order valence-corrected chi connectivity index (χ1v) is 6.06. The van der Waals surface area contributed by atoms with Crippen molar-refractivity contribution >= 4 is 15.6 Å². The Bertz CT molecular complexity index is 205. The zero-order valence-electron chi connectivity index (χ0n) is 6.51. The van der Waals surface area contributed by atoms with E-state index in [0.29, 0.717) is 0 Å². The van der Waals surface area contributed by atoms with Crippen LogP contribution in [0.3, 0.4) is 0 Å². The lowest BCUT2D eigenvalue weighted by molar-refractivity contribution is 0.160. The molecule has 0 spiro atoms. The molecule has 0 aromatic heterocycles. The summed E-state index contributed by atoms with van der Waals surface area (Å²) in [6.45, 7) is 3.52. The normalized spacial score (nSPS) is 19.2. The summed E-state index contributed by atoms with van der Waals surface area (Å²) in [6, 6.07) is 0. The van der Waals surface area contributed by atoms with Crippen molar-refractivity contribution in [3.63, 3.8) is 0 Å². The van der Waals surface area contributed by atoms with Gasteiger partial charge in [-0.2, -0.15) is 4.89 Å². The lowest BCUT2D eigenvalue weighted by atomic mass is 10.5. The highest BCUT2D eigenvalue weighted by molar-refractivity contribution is 7.52. The molecule has 0 saturated carbocycles. The number of hydrogen-bond donors (Lipinski definition) is 2. The molecule has 2 unspecified atom stereocenters. The summed E-state index contributed by atoms with van der Waals surface area (Å²) in [5.74, 6) is 0.